The van der Waals surface area contributed by atoms with E-state index in [1.54, 1.807) is 7.11 Å². The first-order valence-electron chi connectivity index (χ1n) is 7.83. The number of aliphatic imine (C=N–C) groups is 1. The predicted octanol–water partition coefficient (Wildman–Crippen LogP) is 1.70. The molecule has 120 valence electrons. The van der Waals surface area contributed by atoms with Crippen LogP contribution < -0.4 is 10.6 Å². The number of hydrogen-bond acceptors (Lipinski definition) is 3. The van der Waals surface area contributed by atoms with E-state index in [0.29, 0.717) is 6.04 Å². The molecule has 0 amide bonds. The van der Waals surface area contributed by atoms with Gasteiger partial charge in [-0.15, -0.1) is 0 Å². The molecule has 0 aromatic carbocycles. The van der Waals surface area contributed by atoms with Crippen molar-refractivity contribution < 1.29 is 4.74 Å². The average Bonchev–Trinajstić information content (AvgIpc) is 2.42. The standard InChI is InChI=1S/C15H34N4O/c1-6-16-15(18-11-9-13-20-5)17-10-7-8-12-19(4)14(2)3/h14H,6-13H2,1-5H3,(H2,16,17,18). The zero-order valence-corrected chi connectivity index (χ0v) is 14.0. The van der Waals surface area contributed by atoms with Gasteiger partial charge in [0.1, 0.15) is 0 Å². The molecule has 0 saturated heterocycles. The second-order valence-corrected chi connectivity index (χ2v) is 5.32. The highest BCUT2D eigenvalue weighted by atomic mass is 16.5. The van der Waals surface area contributed by atoms with E-state index in [0.717, 1.165) is 45.2 Å². The van der Waals surface area contributed by atoms with Gasteiger partial charge in [0.05, 0.1) is 0 Å². The van der Waals surface area contributed by atoms with Crippen molar-refractivity contribution in [2.45, 2.75) is 46.1 Å². The van der Waals surface area contributed by atoms with Gasteiger partial charge < -0.3 is 20.3 Å². The largest absolute Gasteiger partial charge is 0.385 e. The van der Waals surface area contributed by atoms with Gasteiger partial charge in [-0.2, -0.15) is 0 Å². The van der Waals surface area contributed by atoms with Gasteiger partial charge in [-0.05, 0) is 53.6 Å². The topological polar surface area (TPSA) is 48.9 Å². The van der Waals surface area contributed by atoms with Crippen LogP contribution in [0, 0.1) is 0 Å². The molecule has 0 bridgehead atoms. The molecule has 0 unspecified atom stereocenters. The Hall–Kier alpha value is -0.810. The number of unbranched alkanes of at least 4 members (excludes halogenated alkanes) is 1. The second-order valence-electron chi connectivity index (χ2n) is 5.32. The highest BCUT2D eigenvalue weighted by molar-refractivity contribution is 5.79. The van der Waals surface area contributed by atoms with Crippen LogP contribution in [0.3, 0.4) is 0 Å². The Morgan fingerprint density at radius 3 is 2.55 bits per heavy atom. The van der Waals surface area contributed by atoms with E-state index in [1.807, 2.05) is 0 Å². The van der Waals surface area contributed by atoms with E-state index in [9.17, 15) is 0 Å². The molecule has 0 aliphatic heterocycles. The van der Waals surface area contributed by atoms with Crippen LogP contribution in [-0.2, 0) is 4.74 Å². The van der Waals surface area contributed by atoms with E-state index in [2.05, 4.69) is 48.3 Å². The van der Waals surface area contributed by atoms with E-state index in [4.69, 9.17) is 4.74 Å². The Morgan fingerprint density at radius 2 is 1.95 bits per heavy atom. The van der Waals surface area contributed by atoms with Crippen LogP contribution in [0.1, 0.15) is 40.0 Å². The van der Waals surface area contributed by atoms with Crippen LogP contribution in [0.25, 0.3) is 0 Å². The van der Waals surface area contributed by atoms with E-state index >= 15 is 0 Å². The van der Waals surface area contributed by atoms with E-state index in [-0.39, 0.29) is 0 Å². The van der Waals surface area contributed by atoms with Crippen molar-refractivity contribution in [1.82, 2.24) is 15.5 Å². The summed E-state index contributed by atoms with van der Waals surface area (Å²) in [5.74, 6) is 0.917. The van der Waals surface area contributed by atoms with Crippen molar-refractivity contribution >= 4 is 5.96 Å². The molecule has 0 rings (SSSR count). The summed E-state index contributed by atoms with van der Waals surface area (Å²) in [6.45, 7) is 11.1. The Morgan fingerprint density at radius 1 is 1.20 bits per heavy atom. The summed E-state index contributed by atoms with van der Waals surface area (Å²) in [4.78, 5) is 6.89. The Labute approximate surface area is 125 Å². The number of hydrogen-bond donors (Lipinski definition) is 2. The van der Waals surface area contributed by atoms with Crippen molar-refractivity contribution in [1.29, 1.82) is 0 Å². The minimum absolute atomic E-state index is 0.627. The van der Waals surface area contributed by atoms with Crippen LogP contribution in [0.2, 0.25) is 0 Å². The number of nitrogens with one attached hydrogen (secondary N) is 2. The monoisotopic (exact) mass is 286 g/mol. The van der Waals surface area contributed by atoms with Crippen LogP contribution in [0.4, 0.5) is 0 Å². The maximum absolute atomic E-state index is 5.02. The van der Waals surface area contributed by atoms with Gasteiger partial charge in [0.2, 0.25) is 0 Å². The van der Waals surface area contributed by atoms with Crippen molar-refractivity contribution in [3.05, 3.63) is 0 Å². The molecular formula is C15H34N4O. The van der Waals surface area contributed by atoms with Crippen molar-refractivity contribution in [3.8, 4) is 0 Å². The van der Waals surface area contributed by atoms with Gasteiger partial charge in [0, 0.05) is 39.4 Å². The first-order valence-corrected chi connectivity index (χ1v) is 7.83. The molecule has 5 heteroatoms. The van der Waals surface area contributed by atoms with Gasteiger partial charge in [0.15, 0.2) is 5.96 Å². The predicted molar refractivity (Wildman–Crippen MR) is 87.5 cm³/mol. The van der Waals surface area contributed by atoms with Crippen molar-refractivity contribution in [2.75, 3.05) is 46.9 Å². The van der Waals surface area contributed by atoms with Gasteiger partial charge in [-0.3, -0.25) is 4.99 Å². The van der Waals surface area contributed by atoms with Crippen LogP contribution in [0.5, 0.6) is 0 Å². The fourth-order valence-corrected chi connectivity index (χ4v) is 1.69. The second kappa shape index (κ2) is 13.2. The van der Waals surface area contributed by atoms with Gasteiger partial charge in [-0.25, -0.2) is 0 Å². The van der Waals surface area contributed by atoms with E-state index in [1.165, 1.54) is 12.8 Å². The molecule has 0 radical (unpaired) electrons. The Balaban J connectivity index is 3.74. The van der Waals surface area contributed by atoms with Gasteiger partial charge in [-0.1, -0.05) is 0 Å². The molecular weight excluding hydrogens is 252 g/mol. The summed E-state index contributed by atoms with van der Waals surface area (Å²) in [5, 5.41) is 6.65. The molecule has 0 aliphatic carbocycles. The highest BCUT2D eigenvalue weighted by Gasteiger charge is 2.02. The van der Waals surface area contributed by atoms with Crippen molar-refractivity contribution in [3.63, 3.8) is 0 Å². The molecule has 0 heterocycles. The number of methoxy groups -OCH3 is 1. The number of rotatable bonds is 11. The molecule has 0 aromatic heterocycles. The van der Waals surface area contributed by atoms with Crippen LogP contribution in [0.15, 0.2) is 4.99 Å². The maximum Gasteiger partial charge on any atom is 0.191 e. The maximum atomic E-state index is 5.02. The number of ether oxygens (including phenoxy) is 1. The zero-order valence-electron chi connectivity index (χ0n) is 14.0. The summed E-state index contributed by atoms with van der Waals surface area (Å²) in [5.41, 5.74) is 0. The molecule has 0 spiro atoms. The fraction of sp³-hybridized carbons (Fsp3) is 0.933. The van der Waals surface area contributed by atoms with E-state index < -0.39 is 0 Å². The minimum atomic E-state index is 0.627. The molecule has 0 fully saturated rings. The number of nitrogens with zero attached hydrogens (tertiary/aromatic N) is 2. The molecule has 5 nitrogen and oxygen atoms in total. The first-order chi connectivity index (χ1) is 9.61. The minimum Gasteiger partial charge on any atom is -0.385 e. The summed E-state index contributed by atoms with van der Waals surface area (Å²) in [7, 11) is 3.90. The lowest BCUT2D eigenvalue weighted by molar-refractivity contribution is 0.197. The van der Waals surface area contributed by atoms with Crippen LogP contribution >= 0.6 is 0 Å². The summed E-state index contributed by atoms with van der Waals surface area (Å²) < 4.78 is 5.02. The summed E-state index contributed by atoms with van der Waals surface area (Å²) in [6.07, 6.45) is 3.34. The van der Waals surface area contributed by atoms with Gasteiger partial charge in [0.25, 0.3) is 0 Å². The average molecular weight is 286 g/mol. The Kier molecular flexibility index (Phi) is 12.7. The zero-order chi connectivity index (χ0) is 15.2. The SMILES string of the molecule is CCNC(=NCCCOC)NCCCCN(C)C(C)C. The third-order valence-electron chi connectivity index (χ3n) is 3.23. The summed E-state index contributed by atoms with van der Waals surface area (Å²) in [6, 6.07) is 0.627. The first kappa shape index (κ1) is 19.2. The van der Waals surface area contributed by atoms with Crippen molar-refractivity contribution in [2.24, 2.45) is 4.99 Å². The molecule has 0 atom stereocenters. The molecule has 20 heavy (non-hydrogen) atoms. The smallest absolute Gasteiger partial charge is 0.191 e. The lowest BCUT2D eigenvalue weighted by Crippen LogP contribution is -2.38. The third-order valence-corrected chi connectivity index (χ3v) is 3.23. The van der Waals surface area contributed by atoms with Gasteiger partial charge >= 0.3 is 0 Å². The molecule has 2 N–H and O–H groups in total. The lowest BCUT2D eigenvalue weighted by atomic mass is 10.2. The lowest BCUT2D eigenvalue weighted by Gasteiger charge is -2.20. The number of guanidine groups is 1. The molecule has 0 saturated carbocycles. The summed E-state index contributed by atoms with van der Waals surface area (Å²) >= 11 is 0. The Bertz CT molecular complexity index is 244. The quantitative estimate of drug-likeness (QED) is 0.345. The molecule has 0 aromatic rings. The van der Waals surface area contributed by atoms with Crippen LogP contribution in [-0.4, -0.2) is 63.8 Å². The third kappa shape index (κ3) is 11.1. The highest BCUT2D eigenvalue weighted by Crippen LogP contribution is 1.97. The molecule has 0 aliphatic rings. The fourth-order valence-electron chi connectivity index (χ4n) is 1.69. The normalized spacial score (nSPS) is 12.2.